The fourth-order valence-electron chi connectivity index (χ4n) is 3.06. The van der Waals surface area contributed by atoms with Crippen molar-refractivity contribution in [2.24, 2.45) is 0 Å². The van der Waals surface area contributed by atoms with Crippen LogP contribution in [-0.2, 0) is 14.6 Å². The fraction of sp³-hybridized carbons (Fsp3) is 0.190. The smallest absolute Gasteiger partial charge is 0.241 e. The van der Waals surface area contributed by atoms with E-state index in [1.165, 1.54) is 47.4 Å². The van der Waals surface area contributed by atoms with Crippen molar-refractivity contribution in [3.8, 4) is 16.6 Å². The molecule has 0 unspecified atom stereocenters. The van der Waals surface area contributed by atoms with E-state index in [9.17, 15) is 13.2 Å². The normalized spacial score (nSPS) is 11.5. The van der Waals surface area contributed by atoms with Crippen molar-refractivity contribution in [2.75, 3.05) is 25.3 Å². The summed E-state index contributed by atoms with van der Waals surface area (Å²) < 4.78 is 37.9. The van der Waals surface area contributed by atoms with Crippen molar-refractivity contribution in [2.45, 2.75) is 11.8 Å². The van der Waals surface area contributed by atoms with Crippen LogP contribution < -0.4 is 14.8 Å². The first-order valence-corrected chi connectivity index (χ1v) is 11.9. The molecule has 0 aliphatic carbocycles. The van der Waals surface area contributed by atoms with E-state index in [2.05, 4.69) is 15.4 Å². The Labute approximate surface area is 188 Å². The fourth-order valence-corrected chi connectivity index (χ4v) is 5.16. The summed E-state index contributed by atoms with van der Waals surface area (Å²) in [7, 11) is -0.747. The van der Waals surface area contributed by atoms with Crippen molar-refractivity contribution in [1.29, 1.82) is 0 Å². The van der Waals surface area contributed by atoms with E-state index in [-0.39, 0.29) is 4.90 Å². The molecule has 4 rings (SSSR count). The Morgan fingerprint density at radius 3 is 2.44 bits per heavy atom. The van der Waals surface area contributed by atoms with Crippen LogP contribution in [-0.4, -0.2) is 49.1 Å². The lowest BCUT2D eigenvalue weighted by atomic mass is 10.3. The van der Waals surface area contributed by atoms with Gasteiger partial charge in [0.15, 0.2) is 9.84 Å². The van der Waals surface area contributed by atoms with E-state index in [4.69, 9.17) is 9.47 Å². The molecule has 9 nitrogen and oxygen atoms in total. The van der Waals surface area contributed by atoms with Gasteiger partial charge in [-0.15, -0.1) is 0 Å². The van der Waals surface area contributed by atoms with Crippen molar-refractivity contribution < 1.29 is 22.7 Å². The third-order valence-corrected chi connectivity index (χ3v) is 7.23. The number of aryl methyl sites for hydroxylation is 1. The van der Waals surface area contributed by atoms with Crippen molar-refractivity contribution in [1.82, 2.24) is 14.8 Å². The lowest BCUT2D eigenvalue weighted by Crippen LogP contribution is -2.24. The lowest BCUT2D eigenvalue weighted by Gasteiger charge is -2.08. The van der Waals surface area contributed by atoms with E-state index in [1.807, 2.05) is 18.2 Å². The third kappa shape index (κ3) is 4.43. The highest BCUT2D eigenvalue weighted by Crippen LogP contribution is 2.30. The predicted octanol–water partition coefficient (Wildman–Crippen LogP) is 3.22. The molecule has 1 N–H and O–H groups in total. The molecule has 0 spiro atoms. The Bertz CT molecular complexity index is 1390. The Hall–Kier alpha value is -3.44. The van der Waals surface area contributed by atoms with Crippen molar-refractivity contribution >= 4 is 43.1 Å². The number of carbonyl (C=O) groups excluding carboxylic acids is 1. The number of hydrogen-bond donors (Lipinski definition) is 1. The molecule has 0 aliphatic heterocycles. The van der Waals surface area contributed by atoms with Gasteiger partial charge in [0.05, 0.1) is 35.0 Å². The number of ether oxygens (including phenoxy) is 2. The van der Waals surface area contributed by atoms with Crippen molar-refractivity contribution in [3.05, 3.63) is 54.2 Å². The number of sulfone groups is 1. The second-order valence-electron chi connectivity index (χ2n) is 6.90. The monoisotopic (exact) mass is 472 g/mol. The average Bonchev–Trinajstić information content (AvgIpc) is 3.35. The molecular formula is C21H20N4O5S2. The number of fused-ring (bicyclic) bond motifs is 1. The van der Waals surface area contributed by atoms with Gasteiger partial charge < -0.3 is 14.8 Å². The number of benzene rings is 2. The summed E-state index contributed by atoms with van der Waals surface area (Å²) in [5.74, 6) is 0.191. The van der Waals surface area contributed by atoms with Crippen LogP contribution in [0.3, 0.4) is 0 Å². The maximum Gasteiger partial charge on any atom is 0.241 e. The van der Waals surface area contributed by atoms with Crippen LogP contribution in [0.5, 0.6) is 11.5 Å². The molecule has 1 amide bonds. The number of carbonyl (C=O) groups is 1. The van der Waals surface area contributed by atoms with Gasteiger partial charge in [0.2, 0.25) is 11.0 Å². The van der Waals surface area contributed by atoms with Crippen molar-refractivity contribution in [3.63, 3.8) is 0 Å². The molecule has 2 heterocycles. The van der Waals surface area contributed by atoms with Crippen LogP contribution in [0.2, 0.25) is 0 Å². The van der Waals surface area contributed by atoms with Crippen LogP contribution in [0.1, 0.15) is 5.69 Å². The molecule has 4 aromatic rings. The number of thiazole rings is 1. The molecular weight excluding hydrogens is 452 g/mol. The standard InChI is InChI=1S/C21H20N4O5S2/c1-13-10-19(23-20(26)12-32(27,28)16-7-4-14(29-2)5-8-16)25(24-13)21-22-17-9-6-15(30-3)11-18(17)31-21/h4-11H,12H2,1-3H3,(H,23,26). The van der Waals surface area contributed by atoms with Crippen LogP contribution in [0, 0.1) is 6.92 Å². The number of anilines is 1. The Kier molecular flexibility index (Phi) is 5.85. The third-order valence-electron chi connectivity index (χ3n) is 4.60. The molecule has 11 heteroatoms. The first-order chi connectivity index (χ1) is 15.3. The molecule has 0 bridgehead atoms. The van der Waals surface area contributed by atoms with Gasteiger partial charge in [0.1, 0.15) is 23.1 Å². The Balaban J connectivity index is 1.57. The van der Waals surface area contributed by atoms with E-state index in [0.29, 0.717) is 28.1 Å². The van der Waals surface area contributed by atoms with Crippen LogP contribution in [0.15, 0.2) is 53.4 Å². The van der Waals surface area contributed by atoms with Gasteiger partial charge in [-0.3, -0.25) is 4.79 Å². The Morgan fingerprint density at radius 1 is 1.06 bits per heavy atom. The van der Waals surface area contributed by atoms with Gasteiger partial charge in [0.25, 0.3) is 0 Å². The second-order valence-corrected chi connectivity index (χ2v) is 9.89. The van der Waals surface area contributed by atoms with Crippen LogP contribution in [0.4, 0.5) is 5.82 Å². The van der Waals surface area contributed by atoms with Crippen LogP contribution in [0.25, 0.3) is 15.3 Å². The molecule has 32 heavy (non-hydrogen) atoms. The van der Waals surface area contributed by atoms with E-state index >= 15 is 0 Å². The molecule has 0 fully saturated rings. The molecule has 0 saturated heterocycles. The maximum absolute atomic E-state index is 12.6. The number of nitrogens with zero attached hydrogens (tertiary/aromatic N) is 3. The minimum Gasteiger partial charge on any atom is -0.497 e. The van der Waals surface area contributed by atoms with E-state index in [0.717, 1.165) is 10.2 Å². The molecule has 0 atom stereocenters. The van der Waals surface area contributed by atoms with E-state index < -0.39 is 21.5 Å². The van der Waals surface area contributed by atoms with Crippen LogP contribution >= 0.6 is 11.3 Å². The van der Waals surface area contributed by atoms with E-state index in [1.54, 1.807) is 20.1 Å². The summed E-state index contributed by atoms with van der Waals surface area (Å²) in [6, 6.07) is 13.1. The summed E-state index contributed by atoms with van der Waals surface area (Å²) in [6.45, 7) is 1.77. The van der Waals surface area contributed by atoms with Gasteiger partial charge in [-0.1, -0.05) is 11.3 Å². The lowest BCUT2D eigenvalue weighted by molar-refractivity contribution is -0.113. The predicted molar refractivity (Wildman–Crippen MR) is 122 cm³/mol. The van der Waals surface area contributed by atoms with Gasteiger partial charge in [-0.2, -0.15) is 9.78 Å². The highest BCUT2D eigenvalue weighted by molar-refractivity contribution is 7.92. The highest BCUT2D eigenvalue weighted by Gasteiger charge is 2.22. The molecule has 0 aliphatic rings. The zero-order valence-electron chi connectivity index (χ0n) is 17.5. The minimum atomic E-state index is -3.83. The summed E-state index contributed by atoms with van der Waals surface area (Å²) in [5.41, 5.74) is 1.41. The number of hydrogen-bond acceptors (Lipinski definition) is 8. The number of aromatic nitrogens is 3. The number of nitrogens with one attached hydrogen (secondary N) is 1. The summed E-state index contributed by atoms with van der Waals surface area (Å²) >= 11 is 1.38. The number of methoxy groups -OCH3 is 2. The van der Waals surface area contributed by atoms with Gasteiger partial charge >= 0.3 is 0 Å². The molecule has 0 saturated carbocycles. The summed E-state index contributed by atoms with van der Waals surface area (Å²) in [5, 5.41) is 7.58. The highest BCUT2D eigenvalue weighted by atomic mass is 32.2. The molecule has 2 aromatic heterocycles. The largest absolute Gasteiger partial charge is 0.497 e. The minimum absolute atomic E-state index is 0.0401. The average molecular weight is 473 g/mol. The molecule has 0 radical (unpaired) electrons. The molecule has 166 valence electrons. The molecule has 2 aromatic carbocycles. The number of amides is 1. The zero-order chi connectivity index (χ0) is 22.9. The maximum atomic E-state index is 12.6. The number of rotatable bonds is 7. The van der Waals surface area contributed by atoms with Gasteiger partial charge in [-0.25, -0.2) is 13.4 Å². The first-order valence-electron chi connectivity index (χ1n) is 9.47. The van der Waals surface area contributed by atoms with Gasteiger partial charge in [-0.05, 0) is 49.4 Å². The zero-order valence-corrected chi connectivity index (χ0v) is 19.2. The SMILES string of the molecule is COc1ccc(S(=O)(=O)CC(=O)Nc2cc(C)nn2-c2nc3ccc(OC)cc3s2)cc1. The summed E-state index contributed by atoms with van der Waals surface area (Å²) in [6.07, 6.45) is 0. The second kappa shape index (κ2) is 8.60. The topological polar surface area (TPSA) is 112 Å². The summed E-state index contributed by atoms with van der Waals surface area (Å²) in [4.78, 5) is 17.2. The van der Waals surface area contributed by atoms with Gasteiger partial charge in [0, 0.05) is 6.07 Å². The quantitative estimate of drug-likeness (QED) is 0.439. The first kappa shape index (κ1) is 21.8. The Morgan fingerprint density at radius 2 is 1.75 bits per heavy atom.